The normalized spacial score (nSPS) is 61.6. The maximum Gasteiger partial charge on any atom is 0.0796 e. The lowest BCUT2D eigenvalue weighted by Crippen LogP contribution is -2.76. The summed E-state index contributed by atoms with van der Waals surface area (Å²) in [5.41, 5.74) is -1.54. The molecule has 5 saturated carbocycles. The zero-order chi connectivity index (χ0) is 21.9. The number of piperidine rings is 1. The smallest absolute Gasteiger partial charge is 0.0796 e. The first kappa shape index (κ1) is 21.3. The molecule has 7 nitrogen and oxygen atoms in total. The fourth-order valence-corrected chi connectivity index (χ4v) is 10.7. The Balaban J connectivity index is 1.62. The van der Waals surface area contributed by atoms with Gasteiger partial charge in [-0.3, -0.25) is 4.90 Å². The van der Waals surface area contributed by atoms with Crippen molar-refractivity contribution in [3.63, 3.8) is 0 Å². The highest BCUT2D eigenvalue weighted by Gasteiger charge is 2.86. The van der Waals surface area contributed by atoms with E-state index in [1.807, 2.05) is 0 Å². The van der Waals surface area contributed by atoms with Crippen molar-refractivity contribution < 1.29 is 29.5 Å². The number of nitrogens with zero attached hydrogens (tertiary/aromatic N) is 1. The quantitative estimate of drug-likeness (QED) is 0.577. The van der Waals surface area contributed by atoms with Crippen LogP contribution in [0.5, 0.6) is 0 Å². The molecule has 0 aromatic heterocycles. The molecule has 3 unspecified atom stereocenters. The van der Waals surface area contributed by atoms with Gasteiger partial charge in [-0.25, -0.2) is 0 Å². The zero-order valence-corrected chi connectivity index (χ0v) is 19.2. The Labute approximate surface area is 185 Å². The highest BCUT2D eigenvalue weighted by Crippen LogP contribution is 2.79. The summed E-state index contributed by atoms with van der Waals surface area (Å²) in [6.07, 6.45) is 1.65. The fourth-order valence-electron chi connectivity index (χ4n) is 10.7. The molecule has 0 aromatic rings. The number of aliphatic hydroxyl groups is 3. The summed E-state index contributed by atoms with van der Waals surface area (Å²) in [6.45, 7) is 4.63. The van der Waals surface area contributed by atoms with Gasteiger partial charge < -0.3 is 29.5 Å². The topological polar surface area (TPSA) is 91.6 Å². The standard InChI is InChI=1S/C24H39NO6/c1-5-25-10-22(11-29-2)7-6-15(26)24-13-8-12-14(30-3)9-23(28,16(13)18(12)27)17(21(24)25)19(31-4)20(22)24/h12-21,26-28H,5-11H2,1-4H3/t12?,13-,14+,15+,16-,17?,18+,19+,20-,21-,22+,23-,24?/m1/s1. The van der Waals surface area contributed by atoms with Crippen LogP contribution in [0.1, 0.15) is 32.6 Å². The SMILES string of the molecule is CCN1C[C@]2(COC)CC[C@H](O)C34[C@@H]5CC6[C@@H](OC)C[C@](O)(C([C@H](OC)[C@@H]32)[C@@H]14)[C@H]5[C@H]6O. The number of rotatable bonds is 5. The molecule has 0 radical (unpaired) electrons. The third kappa shape index (κ3) is 2.12. The van der Waals surface area contributed by atoms with E-state index in [4.69, 9.17) is 14.2 Å². The number of hydrogen-bond donors (Lipinski definition) is 3. The Kier molecular flexibility index (Phi) is 4.56. The van der Waals surface area contributed by atoms with Gasteiger partial charge in [-0.15, -0.1) is 0 Å². The molecule has 1 aliphatic heterocycles. The van der Waals surface area contributed by atoms with E-state index in [0.29, 0.717) is 13.0 Å². The summed E-state index contributed by atoms with van der Waals surface area (Å²) in [6, 6.07) is 0.0561. The summed E-state index contributed by atoms with van der Waals surface area (Å²) in [5, 5.41) is 35.7. The van der Waals surface area contributed by atoms with E-state index in [1.165, 1.54) is 0 Å². The molecular weight excluding hydrogens is 398 g/mol. The third-order valence-corrected chi connectivity index (χ3v) is 11.1. The van der Waals surface area contributed by atoms with Gasteiger partial charge in [-0.1, -0.05) is 6.92 Å². The molecule has 0 aromatic carbocycles. The molecule has 6 aliphatic rings. The number of fused-ring (bicyclic) bond motifs is 2. The van der Waals surface area contributed by atoms with E-state index in [2.05, 4.69) is 11.8 Å². The maximum atomic E-state index is 12.5. The minimum atomic E-state index is -1.05. The van der Waals surface area contributed by atoms with Crippen LogP contribution < -0.4 is 0 Å². The first-order valence-electron chi connectivity index (χ1n) is 12.2. The molecule has 0 amide bonds. The van der Waals surface area contributed by atoms with Gasteiger partial charge in [0.05, 0.1) is 36.6 Å². The van der Waals surface area contributed by atoms with Gasteiger partial charge >= 0.3 is 0 Å². The molecule has 1 saturated heterocycles. The van der Waals surface area contributed by atoms with Crippen LogP contribution in [-0.4, -0.2) is 97.3 Å². The molecule has 7 bridgehead atoms. The lowest BCUT2D eigenvalue weighted by atomic mass is 9.43. The van der Waals surface area contributed by atoms with Crippen LogP contribution in [0.2, 0.25) is 0 Å². The van der Waals surface area contributed by atoms with Crippen LogP contribution in [0.15, 0.2) is 0 Å². The Morgan fingerprint density at radius 3 is 2.52 bits per heavy atom. The first-order valence-corrected chi connectivity index (χ1v) is 12.2. The highest BCUT2D eigenvalue weighted by atomic mass is 16.5. The van der Waals surface area contributed by atoms with Gasteiger partial charge in [0, 0.05) is 74.8 Å². The van der Waals surface area contributed by atoms with Crippen molar-refractivity contribution in [2.24, 2.45) is 40.4 Å². The van der Waals surface area contributed by atoms with Crippen molar-refractivity contribution in [1.29, 1.82) is 0 Å². The van der Waals surface area contributed by atoms with E-state index in [9.17, 15) is 15.3 Å². The molecule has 1 heterocycles. The third-order valence-electron chi connectivity index (χ3n) is 11.1. The van der Waals surface area contributed by atoms with E-state index in [1.54, 1.807) is 21.3 Å². The second-order valence-corrected chi connectivity index (χ2v) is 11.6. The Bertz CT molecular complexity index is 752. The summed E-state index contributed by atoms with van der Waals surface area (Å²) < 4.78 is 18.0. The minimum absolute atomic E-state index is 0.0248. The fraction of sp³-hybridized carbons (Fsp3) is 1.00. The number of likely N-dealkylation sites (tertiary alicyclic amines) is 1. The highest BCUT2D eigenvalue weighted by molar-refractivity contribution is 5.35. The van der Waals surface area contributed by atoms with Crippen LogP contribution in [0.4, 0.5) is 0 Å². The summed E-state index contributed by atoms with van der Waals surface area (Å²) in [5.74, 6) is -0.168. The lowest BCUT2D eigenvalue weighted by molar-refractivity contribution is -0.272. The van der Waals surface area contributed by atoms with Crippen molar-refractivity contribution in [2.75, 3.05) is 41.0 Å². The number of ether oxygens (including phenoxy) is 3. The number of aliphatic hydroxyl groups excluding tert-OH is 2. The minimum Gasteiger partial charge on any atom is -0.392 e. The van der Waals surface area contributed by atoms with Gasteiger partial charge in [0.2, 0.25) is 0 Å². The maximum absolute atomic E-state index is 12.5. The van der Waals surface area contributed by atoms with E-state index < -0.39 is 17.8 Å². The predicted molar refractivity (Wildman–Crippen MR) is 112 cm³/mol. The lowest BCUT2D eigenvalue weighted by Gasteiger charge is -2.68. The van der Waals surface area contributed by atoms with Crippen LogP contribution in [0, 0.1) is 40.4 Å². The second kappa shape index (κ2) is 6.65. The number of methoxy groups -OCH3 is 3. The van der Waals surface area contributed by atoms with E-state index in [0.717, 1.165) is 32.4 Å². The van der Waals surface area contributed by atoms with Gasteiger partial charge in [-0.2, -0.15) is 0 Å². The van der Waals surface area contributed by atoms with Crippen molar-refractivity contribution in [2.45, 2.75) is 68.7 Å². The van der Waals surface area contributed by atoms with Gasteiger partial charge in [0.25, 0.3) is 0 Å². The molecule has 3 N–H and O–H groups in total. The zero-order valence-electron chi connectivity index (χ0n) is 19.2. The van der Waals surface area contributed by atoms with Crippen molar-refractivity contribution in [1.82, 2.24) is 4.90 Å². The predicted octanol–water partition coefficient (Wildman–Crippen LogP) is 0.502. The van der Waals surface area contributed by atoms with Crippen molar-refractivity contribution >= 4 is 0 Å². The van der Waals surface area contributed by atoms with Crippen molar-refractivity contribution in [3.8, 4) is 0 Å². The monoisotopic (exact) mass is 437 g/mol. The molecule has 176 valence electrons. The van der Waals surface area contributed by atoms with E-state index in [-0.39, 0.29) is 58.7 Å². The molecule has 5 aliphatic carbocycles. The average molecular weight is 438 g/mol. The molecule has 6 rings (SSSR count). The van der Waals surface area contributed by atoms with Crippen LogP contribution >= 0.6 is 0 Å². The number of hydrogen-bond acceptors (Lipinski definition) is 7. The molecule has 13 atom stereocenters. The largest absolute Gasteiger partial charge is 0.392 e. The van der Waals surface area contributed by atoms with Gasteiger partial charge in [0.15, 0.2) is 0 Å². The molecular formula is C24H39NO6. The Morgan fingerprint density at radius 1 is 1.10 bits per heavy atom. The van der Waals surface area contributed by atoms with Crippen LogP contribution in [-0.2, 0) is 14.2 Å². The van der Waals surface area contributed by atoms with Crippen molar-refractivity contribution in [3.05, 3.63) is 0 Å². The Hall–Kier alpha value is -0.280. The summed E-state index contributed by atoms with van der Waals surface area (Å²) in [7, 11) is 5.24. The van der Waals surface area contributed by atoms with Crippen LogP contribution in [0.25, 0.3) is 0 Å². The molecule has 31 heavy (non-hydrogen) atoms. The van der Waals surface area contributed by atoms with Crippen LogP contribution in [0.3, 0.4) is 0 Å². The van der Waals surface area contributed by atoms with E-state index >= 15 is 0 Å². The second-order valence-electron chi connectivity index (χ2n) is 11.6. The molecule has 6 fully saturated rings. The summed E-state index contributed by atoms with van der Waals surface area (Å²) >= 11 is 0. The van der Waals surface area contributed by atoms with Gasteiger partial charge in [0.1, 0.15) is 0 Å². The average Bonchev–Trinajstić information content (AvgIpc) is 3.16. The van der Waals surface area contributed by atoms with Gasteiger partial charge in [-0.05, 0) is 31.7 Å². The first-order chi connectivity index (χ1) is 14.9. The summed E-state index contributed by atoms with van der Waals surface area (Å²) in [4.78, 5) is 2.52. The molecule has 1 spiro atoms. The Morgan fingerprint density at radius 2 is 1.87 bits per heavy atom. The molecule has 7 heteroatoms.